The molecule has 0 N–H and O–H groups in total. The molecule has 232 valence electrons. The van der Waals surface area contributed by atoms with Crippen LogP contribution in [0.2, 0.25) is 0 Å². The lowest BCUT2D eigenvalue weighted by atomic mass is 9.98. The number of hydrogen-bond donors (Lipinski definition) is 0. The number of thiazole rings is 1. The molecule has 0 bridgehead atoms. The molecule has 45 heavy (non-hydrogen) atoms. The zero-order valence-corrected chi connectivity index (χ0v) is 26.4. The number of likely N-dealkylation sites (tertiary alicyclic amines) is 1. The highest BCUT2D eigenvalue weighted by atomic mass is 32.1. The average Bonchev–Trinajstić information content (AvgIpc) is 3.74. The number of para-hydroxylation sites is 1. The molecule has 0 radical (unpaired) electrons. The third-order valence-electron chi connectivity index (χ3n) is 8.86. The fraction of sp³-hybridized carbons (Fsp3) is 0.342. The van der Waals surface area contributed by atoms with Crippen molar-refractivity contribution >= 4 is 26.7 Å². The first-order chi connectivity index (χ1) is 22.3. The molecule has 0 spiro atoms. The van der Waals surface area contributed by atoms with E-state index in [0.29, 0.717) is 25.7 Å². The van der Waals surface area contributed by atoms with Gasteiger partial charge in [0.05, 0.1) is 42.2 Å². The first-order valence-electron chi connectivity index (χ1n) is 16.1. The monoisotopic (exact) mass is 619 g/mol. The molecule has 6 nitrogen and oxygen atoms in total. The van der Waals surface area contributed by atoms with Crippen LogP contribution in [0.15, 0.2) is 115 Å². The number of nitrogens with zero attached hydrogens (tertiary/aromatic N) is 3. The van der Waals surface area contributed by atoms with Crippen LogP contribution in [0.25, 0.3) is 10.2 Å². The normalized spacial score (nSPS) is 21.1. The van der Waals surface area contributed by atoms with Gasteiger partial charge in [0.25, 0.3) is 0 Å². The molecular formula is C38H41N3O3S. The highest BCUT2D eigenvalue weighted by Crippen LogP contribution is 2.33. The number of ether oxygens (including phenoxy) is 3. The summed E-state index contributed by atoms with van der Waals surface area (Å²) in [5, 5.41) is 1.14. The summed E-state index contributed by atoms with van der Waals surface area (Å²) < 4.78 is 21.4. The van der Waals surface area contributed by atoms with Crippen molar-refractivity contribution in [3.05, 3.63) is 132 Å². The molecule has 2 aliphatic heterocycles. The highest BCUT2D eigenvalue weighted by Gasteiger charge is 2.40. The second-order valence-electron chi connectivity index (χ2n) is 12.2. The van der Waals surface area contributed by atoms with Crippen LogP contribution in [-0.2, 0) is 34.0 Å². The third-order valence-corrected chi connectivity index (χ3v) is 9.96. The predicted molar refractivity (Wildman–Crippen MR) is 181 cm³/mol. The molecule has 7 heteroatoms. The molecule has 1 aromatic heterocycles. The lowest BCUT2D eigenvalue weighted by Crippen LogP contribution is -2.58. The van der Waals surface area contributed by atoms with Crippen LogP contribution in [0.1, 0.15) is 23.1 Å². The van der Waals surface area contributed by atoms with Crippen LogP contribution < -0.4 is 4.90 Å². The molecule has 2 saturated heterocycles. The number of aromatic nitrogens is 1. The first kappa shape index (κ1) is 30.1. The Bertz CT molecular complexity index is 1530. The van der Waals surface area contributed by atoms with Crippen molar-refractivity contribution in [3.63, 3.8) is 0 Å². The van der Waals surface area contributed by atoms with Crippen LogP contribution in [-0.4, -0.2) is 60.9 Å². The van der Waals surface area contributed by atoms with Crippen LogP contribution in [0, 0.1) is 5.92 Å². The van der Waals surface area contributed by atoms with Gasteiger partial charge in [-0.05, 0) is 41.2 Å². The zero-order valence-electron chi connectivity index (χ0n) is 25.6. The standard InChI is InChI=1S/C38H41N3O3S/c1-4-12-29(13-5-1)26-42-34-24-40(22-32-20-21-41(23-32)38-39-33-18-10-11-19-36(33)45-38)25-35(43-27-30-14-6-2-7-15-30)37(34)44-28-31-16-8-3-9-17-31/h1-19,32,34-35,37H,20-28H2/t32-,34-,35-/m1/s1. The highest BCUT2D eigenvalue weighted by molar-refractivity contribution is 7.22. The van der Waals surface area contributed by atoms with E-state index in [4.69, 9.17) is 19.2 Å². The number of benzene rings is 4. The molecule has 2 fully saturated rings. The predicted octanol–water partition coefficient (Wildman–Crippen LogP) is 7.19. The first-order valence-corrected chi connectivity index (χ1v) is 16.9. The minimum Gasteiger partial charge on any atom is -0.369 e. The molecule has 0 saturated carbocycles. The minimum atomic E-state index is -0.184. The lowest BCUT2D eigenvalue weighted by Gasteiger charge is -2.43. The Morgan fingerprint density at radius 2 is 1.16 bits per heavy atom. The molecule has 7 rings (SSSR count). The second-order valence-corrected chi connectivity index (χ2v) is 13.2. The Balaban J connectivity index is 1.07. The van der Waals surface area contributed by atoms with Crippen molar-refractivity contribution in [1.29, 1.82) is 0 Å². The summed E-state index contributed by atoms with van der Waals surface area (Å²) in [5.41, 5.74) is 4.58. The molecule has 0 aliphatic carbocycles. The van der Waals surface area contributed by atoms with Gasteiger partial charge < -0.3 is 19.1 Å². The Morgan fingerprint density at radius 3 is 1.73 bits per heavy atom. The summed E-state index contributed by atoms with van der Waals surface area (Å²) >= 11 is 1.80. The fourth-order valence-corrected chi connectivity index (χ4v) is 7.53. The quantitative estimate of drug-likeness (QED) is 0.147. The van der Waals surface area contributed by atoms with E-state index in [9.17, 15) is 0 Å². The van der Waals surface area contributed by atoms with Crippen LogP contribution in [0.4, 0.5) is 5.13 Å². The number of hydrogen-bond acceptors (Lipinski definition) is 7. The SMILES string of the molecule is c1ccc(COC2[C@H](OCc3ccccc3)CN(C[C@H]3CCN(c4nc5ccccc5s4)C3)C[C@H]2OCc2ccccc2)cc1. The van der Waals surface area contributed by atoms with Gasteiger partial charge in [0.2, 0.25) is 0 Å². The molecule has 3 heterocycles. The summed E-state index contributed by atoms with van der Waals surface area (Å²) in [4.78, 5) is 9.96. The van der Waals surface area contributed by atoms with Gasteiger partial charge in [-0.2, -0.15) is 0 Å². The van der Waals surface area contributed by atoms with Crippen molar-refractivity contribution in [2.75, 3.05) is 37.6 Å². The minimum absolute atomic E-state index is 0.120. The van der Waals surface area contributed by atoms with Gasteiger partial charge in [0.15, 0.2) is 5.13 Å². The van der Waals surface area contributed by atoms with Crippen molar-refractivity contribution in [2.24, 2.45) is 5.92 Å². The average molecular weight is 620 g/mol. The lowest BCUT2D eigenvalue weighted by molar-refractivity contribution is -0.185. The molecule has 0 unspecified atom stereocenters. The van der Waals surface area contributed by atoms with E-state index in [1.807, 2.05) is 18.2 Å². The van der Waals surface area contributed by atoms with Gasteiger partial charge in [-0.3, -0.25) is 4.90 Å². The Labute approximate surface area is 270 Å². The largest absolute Gasteiger partial charge is 0.369 e. The summed E-state index contributed by atoms with van der Waals surface area (Å²) in [5.74, 6) is 0.559. The van der Waals surface area contributed by atoms with Crippen molar-refractivity contribution < 1.29 is 14.2 Å². The van der Waals surface area contributed by atoms with E-state index >= 15 is 0 Å². The molecule has 5 aromatic rings. The van der Waals surface area contributed by atoms with Crippen molar-refractivity contribution in [1.82, 2.24) is 9.88 Å². The summed E-state index contributed by atoms with van der Waals surface area (Å²) in [6, 6.07) is 39.7. The van der Waals surface area contributed by atoms with Crippen LogP contribution in [0.5, 0.6) is 0 Å². The Kier molecular flexibility index (Phi) is 9.81. The second kappa shape index (κ2) is 14.7. The Morgan fingerprint density at radius 1 is 0.622 bits per heavy atom. The van der Waals surface area contributed by atoms with Crippen LogP contribution >= 0.6 is 11.3 Å². The van der Waals surface area contributed by atoms with Gasteiger partial charge in [-0.1, -0.05) is 114 Å². The zero-order chi connectivity index (χ0) is 30.3. The summed E-state index contributed by atoms with van der Waals surface area (Å²) in [7, 11) is 0. The maximum absolute atomic E-state index is 6.71. The van der Waals surface area contributed by atoms with E-state index in [0.717, 1.165) is 55.4 Å². The Hall–Kier alpha value is -3.59. The van der Waals surface area contributed by atoms with E-state index < -0.39 is 0 Å². The summed E-state index contributed by atoms with van der Waals surface area (Å²) in [6.45, 7) is 6.32. The molecule has 0 amide bonds. The fourth-order valence-electron chi connectivity index (χ4n) is 6.53. The maximum atomic E-state index is 6.71. The van der Waals surface area contributed by atoms with Crippen LogP contribution in [0.3, 0.4) is 0 Å². The number of piperidine rings is 1. The third kappa shape index (κ3) is 7.80. The van der Waals surface area contributed by atoms with Gasteiger partial charge >= 0.3 is 0 Å². The van der Waals surface area contributed by atoms with Crippen molar-refractivity contribution in [3.8, 4) is 0 Å². The van der Waals surface area contributed by atoms with E-state index in [1.54, 1.807) is 11.3 Å². The van der Waals surface area contributed by atoms with Gasteiger partial charge in [-0.25, -0.2) is 4.98 Å². The van der Waals surface area contributed by atoms with E-state index in [1.165, 1.54) is 15.8 Å². The van der Waals surface area contributed by atoms with Gasteiger partial charge in [0.1, 0.15) is 6.10 Å². The van der Waals surface area contributed by atoms with Gasteiger partial charge in [0, 0.05) is 32.7 Å². The van der Waals surface area contributed by atoms with Gasteiger partial charge in [-0.15, -0.1) is 0 Å². The molecule has 4 aromatic carbocycles. The van der Waals surface area contributed by atoms with E-state index in [2.05, 4.69) is 107 Å². The topological polar surface area (TPSA) is 47.1 Å². The molecule has 2 aliphatic rings. The molecule has 3 atom stereocenters. The molecular weight excluding hydrogens is 579 g/mol. The van der Waals surface area contributed by atoms with Crippen molar-refractivity contribution in [2.45, 2.75) is 44.6 Å². The number of anilines is 1. The summed E-state index contributed by atoms with van der Waals surface area (Å²) in [6.07, 6.45) is 0.734. The van der Waals surface area contributed by atoms with E-state index in [-0.39, 0.29) is 18.3 Å². The maximum Gasteiger partial charge on any atom is 0.186 e. The smallest absolute Gasteiger partial charge is 0.186 e. The number of fused-ring (bicyclic) bond motifs is 1. The number of rotatable bonds is 12.